The van der Waals surface area contributed by atoms with E-state index in [4.69, 9.17) is 25.8 Å². The van der Waals surface area contributed by atoms with Crippen LogP contribution in [0.25, 0.3) is 0 Å². The first kappa shape index (κ1) is 28.4. The second kappa shape index (κ2) is 17.9. The second-order valence-corrected chi connectivity index (χ2v) is 7.55. The van der Waals surface area contributed by atoms with Gasteiger partial charge in [0.2, 0.25) is 0 Å². The summed E-state index contributed by atoms with van der Waals surface area (Å²) in [6, 6.07) is 8.19. The molecule has 2 rings (SSSR count). The number of halogens is 2. The van der Waals surface area contributed by atoms with Crippen LogP contribution >= 0.6 is 35.6 Å². The summed E-state index contributed by atoms with van der Waals surface area (Å²) in [5.74, 6) is 0.753. The van der Waals surface area contributed by atoms with Crippen molar-refractivity contribution in [1.29, 1.82) is 0 Å². The summed E-state index contributed by atoms with van der Waals surface area (Å²) in [6.07, 6.45) is 2.25. The molecule has 0 bridgehead atoms. The highest BCUT2D eigenvalue weighted by Crippen LogP contribution is 2.27. The van der Waals surface area contributed by atoms with Crippen LogP contribution in [0.4, 0.5) is 0 Å². The Bertz CT molecular complexity index is 618. The Balaban J connectivity index is 0.00000480. The van der Waals surface area contributed by atoms with Crippen LogP contribution in [0.3, 0.4) is 0 Å². The average Bonchev–Trinajstić information content (AvgIpc) is 2.78. The number of rotatable bonds is 13. The van der Waals surface area contributed by atoms with Gasteiger partial charge in [0.05, 0.1) is 39.1 Å². The Hall–Kier alpha value is -0.650. The number of benzene rings is 1. The van der Waals surface area contributed by atoms with Gasteiger partial charge < -0.3 is 24.8 Å². The standard InChI is InChI=1S/C22H37ClN4O3.HI/c1-3-4-12-28-16-17-29-13-9-25-22(24-2)26-18-21(27-10-14-30-15-11-27)19-7-5-6-8-20(19)23;/h5-8,21H,3-4,9-18H2,1-2H3,(H2,24,25,26);1H. The Kier molecular flexibility index (Phi) is 16.3. The summed E-state index contributed by atoms with van der Waals surface area (Å²) in [6.45, 7) is 9.48. The summed E-state index contributed by atoms with van der Waals surface area (Å²) >= 11 is 6.50. The van der Waals surface area contributed by atoms with Crippen molar-refractivity contribution in [2.24, 2.45) is 4.99 Å². The van der Waals surface area contributed by atoms with Gasteiger partial charge >= 0.3 is 0 Å². The zero-order valence-electron chi connectivity index (χ0n) is 18.8. The maximum absolute atomic E-state index is 6.50. The molecule has 1 atom stereocenters. The highest BCUT2D eigenvalue weighted by Gasteiger charge is 2.24. The van der Waals surface area contributed by atoms with E-state index in [1.165, 1.54) is 0 Å². The van der Waals surface area contributed by atoms with Crippen molar-refractivity contribution in [3.8, 4) is 0 Å². The minimum Gasteiger partial charge on any atom is -0.379 e. The van der Waals surface area contributed by atoms with Gasteiger partial charge in [-0.15, -0.1) is 24.0 Å². The van der Waals surface area contributed by atoms with Crippen molar-refractivity contribution in [3.63, 3.8) is 0 Å². The van der Waals surface area contributed by atoms with Gasteiger partial charge in [-0.25, -0.2) is 0 Å². The number of aliphatic imine (C=N–C) groups is 1. The number of nitrogens with one attached hydrogen (secondary N) is 2. The fraction of sp³-hybridized carbons (Fsp3) is 0.682. The molecule has 178 valence electrons. The molecule has 9 heteroatoms. The quantitative estimate of drug-likeness (QED) is 0.165. The molecule has 1 unspecified atom stereocenters. The summed E-state index contributed by atoms with van der Waals surface area (Å²) in [5, 5.41) is 7.52. The van der Waals surface area contributed by atoms with E-state index in [-0.39, 0.29) is 30.0 Å². The number of ether oxygens (including phenoxy) is 3. The minimum absolute atomic E-state index is 0. The second-order valence-electron chi connectivity index (χ2n) is 7.14. The molecule has 1 saturated heterocycles. The minimum atomic E-state index is 0. The van der Waals surface area contributed by atoms with Crippen LogP contribution in [-0.2, 0) is 14.2 Å². The monoisotopic (exact) mass is 568 g/mol. The van der Waals surface area contributed by atoms with Crippen LogP contribution in [0.1, 0.15) is 31.4 Å². The van der Waals surface area contributed by atoms with Crippen molar-refractivity contribution in [2.75, 3.05) is 72.9 Å². The summed E-state index contributed by atoms with van der Waals surface area (Å²) in [5.41, 5.74) is 1.12. The third kappa shape index (κ3) is 11.2. The third-order valence-corrected chi connectivity index (χ3v) is 5.33. The smallest absolute Gasteiger partial charge is 0.191 e. The summed E-state index contributed by atoms with van der Waals surface area (Å²) < 4.78 is 16.6. The van der Waals surface area contributed by atoms with Crippen molar-refractivity contribution in [2.45, 2.75) is 25.8 Å². The molecule has 0 spiro atoms. The molecular formula is C22H38ClIN4O3. The molecule has 1 heterocycles. The van der Waals surface area contributed by atoms with Crippen molar-refractivity contribution >= 4 is 41.5 Å². The highest BCUT2D eigenvalue weighted by atomic mass is 127. The first-order chi connectivity index (χ1) is 14.8. The van der Waals surface area contributed by atoms with E-state index in [1.54, 1.807) is 7.05 Å². The normalized spacial score (nSPS) is 15.9. The van der Waals surface area contributed by atoms with E-state index in [2.05, 4.69) is 33.5 Å². The van der Waals surface area contributed by atoms with Crippen LogP contribution in [-0.4, -0.2) is 83.7 Å². The molecule has 0 amide bonds. The fourth-order valence-electron chi connectivity index (χ4n) is 3.29. The van der Waals surface area contributed by atoms with Crippen LogP contribution < -0.4 is 10.6 Å². The Labute approximate surface area is 209 Å². The molecule has 1 aromatic rings. The predicted molar refractivity (Wildman–Crippen MR) is 138 cm³/mol. The predicted octanol–water partition coefficient (Wildman–Crippen LogP) is 3.33. The van der Waals surface area contributed by atoms with Gasteiger partial charge in [0.25, 0.3) is 0 Å². The summed E-state index contributed by atoms with van der Waals surface area (Å²) in [7, 11) is 1.77. The van der Waals surface area contributed by atoms with E-state index < -0.39 is 0 Å². The molecule has 0 aliphatic carbocycles. The van der Waals surface area contributed by atoms with Crippen LogP contribution in [0.2, 0.25) is 5.02 Å². The maximum Gasteiger partial charge on any atom is 0.191 e. The molecule has 1 fully saturated rings. The molecular weight excluding hydrogens is 531 g/mol. The van der Waals surface area contributed by atoms with Gasteiger partial charge in [0.1, 0.15) is 0 Å². The third-order valence-electron chi connectivity index (χ3n) is 4.99. The SMILES string of the molecule is CCCCOCCOCCNC(=NC)NCC(c1ccccc1Cl)N1CCOCC1.I. The fourth-order valence-corrected chi connectivity index (χ4v) is 3.56. The van der Waals surface area contributed by atoms with Gasteiger partial charge in [-0.05, 0) is 18.1 Å². The maximum atomic E-state index is 6.50. The number of hydrogen-bond donors (Lipinski definition) is 2. The molecule has 0 aromatic heterocycles. The van der Waals surface area contributed by atoms with Crippen molar-refractivity contribution < 1.29 is 14.2 Å². The van der Waals surface area contributed by atoms with Crippen LogP contribution in [0, 0.1) is 0 Å². The Morgan fingerprint density at radius 3 is 2.52 bits per heavy atom. The van der Waals surface area contributed by atoms with Crippen molar-refractivity contribution in [1.82, 2.24) is 15.5 Å². The first-order valence-electron chi connectivity index (χ1n) is 10.9. The Morgan fingerprint density at radius 2 is 1.84 bits per heavy atom. The zero-order valence-corrected chi connectivity index (χ0v) is 21.9. The largest absolute Gasteiger partial charge is 0.379 e. The molecule has 2 N–H and O–H groups in total. The van der Waals surface area contributed by atoms with Crippen LogP contribution in [0.15, 0.2) is 29.3 Å². The van der Waals surface area contributed by atoms with Gasteiger partial charge in [0.15, 0.2) is 5.96 Å². The van der Waals surface area contributed by atoms with E-state index in [9.17, 15) is 0 Å². The number of guanidine groups is 1. The number of hydrogen-bond acceptors (Lipinski definition) is 5. The van der Waals surface area contributed by atoms with Gasteiger partial charge in [-0.2, -0.15) is 0 Å². The van der Waals surface area contributed by atoms with Crippen molar-refractivity contribution in [3.05, 3.63) is 34.9 Å². The van der Waals surface area contributed by atoms with E-state index in [0.717, 1.165) is 62.3 Å². The van der Waals surface area contributed by atoms with Gasteiger partial charge in [0, 0.05) is 44.9 Å². The molecule has 0 saturated carbocycles. The number of morpholine rings is 1. The van der Waals surface area contributed by atoms with Crippen LogP contribution in [0.5, 0.6) is 0 Å². The molecule has 7 nitrogen and oxygen atoms in total. The van der Waals surface area contributed by atoms with Gasteiger partial charge in [-0.3, -0.25) is 9.89 Å². The molecule has 1 aliphatic rings. The number of unbranched alkanes of at least 4 members (excludes halogenated alkanes) is 1. The molecule has 0 radical (unpaired) electrons. The molecule has 31 heavy (non-hydrogen) atoms. The molecule has 1 aliphatic heterocycles. The lowest BCUT2D eigenvalue weighted by Crippen LogP contribution is -2.46. The Morgan fingerprint density at radius 1 is 1.13 bits per heavy atom. The molecule has 1 aromatic carbocycles. The average molecular weight is 569 g/mol. The van der Waals surface area contributed by atoms with E-state index in [0.29, 0.717) is 32.9 Å². The lowest BCUT2D eigenvalue weighted by molar-refractivity contribution is 0.0170. The highest BCUT2D eigenvalue weighted by molar-refractivity contribution is 14.0. The lowest BCUT2D eigenvalue weighted by atomic mass is 10.0. The zero-order chi connectivity index (χ0) is 21.4. The van der Waals surface area contributed by atoms with E-state index in [1.807, 2.05) is 18.2 Å². The number of nitrogens with zero attached hydrogens (tertiary/aromatic N) is 2. The topological polar surface area (TPSA) is 67.4 Å². The van der Waals surface area contributed by atoms with E-state index >= 15 is 0 Å². The lowest BCUT2D eigenvalue weighted by Gasteiger charge is -2.35. The van der Waals surface area contributed by atoms with Gasteiger partial charge in [-0.1, -0.05) is 43.1 Å². The summed E-state index contributed by atoms with van der Waals surface area (Å²) in [4.78, 5) is 6.74. The first-order valence-corrected chi connectivity index (χ1v) is 11.3.